The van der Waals surface area contributed by atoms with Gasteiger partial charge < -0.3 is 4.74 Å². The molecule has 0 fully saturated rings. The maximum absolute atomic E-state index is 13.7. The Labute approximate surface area is 224 Å². The molecule has 2 aromatic carbocycles. The topological polar surface area (TPSA) is 134 Å². The number of H-pyrrole nitrogens is 1. The predicted octanol–water partition coefficient (Wildman–Crippen LogP) is 5.16. The second-order valence-electron chi connectivity index (χ2n) is 8.57. The van der Waals surface area contributed by atoms with E-state index in [1.165, 1.54) is 24.9 Å². The lowest BCUT2D eigenvalue weighted by molar-refractivity contribution is -0.136. The van der Waals surface area contributed by atoms with Crippen molar-refractivity contribution >= 4 is 23.2 Å². The number of hydrogen-bond donors (Lipinski definition) is 2. The van der Waals surface area contributed by atoms with E-state index in [4.69, 9.17) is 4.74 Å². The maximum atomic E-state index is 13.7. The quantitative estimate of drug-likeness (QED) is 0.223. The molecule has 0 aliphatic rings. The minimum atomic E-state index is -4.61. The van der Waals surface area contributed by atoms with Gasteiger partial charge >= 0.3 is 6.18 Å². The fourth-order valence-electron chi connectivity index (χ4n) is 4.04. The van der Waals surface area contributed by atoms with Crippen LogP contribution in [0, 0.1) is 18.3 Å². The van der Waals surface area contributed by atoms with E-state index in [0.717, 1.165) is 6.07 Å². The number of aromatic nitrogens is 5. The smallest absolute Gasteiger partial charge is 0.417 e. The van der Waals surface area contributed by atoms with Gasteiger partial charge in [-0.1, -0.05) is 30.3 Å². The van der Waals surface area contributed by atoms with Crippen LogP contribution in [0.2, 0.25) is 0 Å². The Balaban J connectivity index is 1.33. The van der Waals surface area contributed by atoms with Gasteiger partial charge in [0.1, 0.15) is 17.4 Å². The number of nitriles is 1. The van der Waals surface area contributed by atoms with Gasteiger partial charge in [0.05, 0.1) is 28.6 Å². The van der Waals surface area contributed by atoms with Crippen LogP contribution in [0.1, 0.15) is 22.4 Å². The van der Waals surface area contributed by atoms with Crippen molar-refractivity contribution in [2.75, 3.05) is 5.43 Å². The highest BCUT2D eigenvalue weighted by atomic mass is 19.4. The van der Waals surface area contributed by atoms with E-state index < -0.39 is 17.3 Å². The van der Waals surface area contributed by atoms with Gasteiger partial charge in [0, 0.05) is 18.7 Å². The molecule has 0 saturated carbocycles. The van der Waals surface area contributed by atoms with E-state index >= 15 is 0 Å². The van der Waals surface area contributed by atoms with Crippen molar-refractivity contribution in [2.24, 2.45) is 12.1 Å². The molecule has 3 aromatic heterocycles. The summed E-state index contributed by atoms with van der Waals surface area (Å²) in [4.78, 5) is 23.3. The first-order valence-electron chi connectivity index (χ1n) is 11.7. The molecule has 0 spiro atoms. The lowest BCUT2D eigenvalue weighted by Crippen LogP contribution is -2.16. The standard InChI is InChI=1S/C27H19F3N8O2/c1-15-22-20(27(28,29)30)12-21(33-24(22)38(2)37-15)40-18-10-8-16(9-11-18)14-32-36-26-34-23(17-6-4-3-5-7-17)19(13-31)25(39)35-26/h3-12,14H,1-2H3,(H2,34,35,36,39). The number of aryl methyl sites for hydroxylation is 2. The number of fused-ring (bicyclic) bond motifs is 1. The van der Waals surface area contributed by atoms with E-state index in [-0.39, 0.29) is 45.6 Å². The van der Waals surface area contributed by atoms with Gasteiger partial charge in [-0.15, -0.1) is 0 Å². The average Bonchev–Trinajstić information content (AvgIpc) is 3.21. The maximum Gasteiger partial charge on any atom is 0.417 e. The van der Waals surface area contributed by atoms with E-state index in [2.05, 4.69) is 30.6 Å². The number of rotatable bonds is 6. The summed E-state index contributed by atoms with van der Waals surface area (Å²) < 4.78 is 48.0. The van der Waals surface area contributed by atoms with Gasteiger partial charge in [-0.3, -0.25) is 14.5 Å². The molecule has 40 heavy (non-hydrogen) atoms. The number of ether oxygens (including phenoxy) is 1. The van der Waals surface area contributed by atoms with Gasteiger partial charge in [-0.05, 0) is 36.8 Å². The molecule has 0 aliphatic heterocycles. The second kappa shape index (κ2) is 10.3. The summed E-state index contributed by atoms with van der Waals surface area (Å²) in [6, 6.07) is 17.9. The van der Waals surface area contributed by atoms with E-state index in [1.54, 1.807) is 54.6 Å². The molecule has 5 aromatic rings. The van der Waals surface area contributed by atoms with Gasteiger partial charge in [0.2, 0.25) is 11.8 Å². The van der Waals surface area contributed by atoms with E-state index in [1.807, 2.05) is 6.07 Å². The third kappa shape index (κ3) is 5.23. The summed E-state index contributed by atoms with van der Waals surface area (Å²) in [5.74, 6) is 0.0666. The summed E-state index contributed by atoms with van der Waals surface area (Å²) in [5.41, 5.74) is 2.73. The second-order valence-corrected chi connectivity index (χ2v) is 8.57. The first kappa shape index (κ1) is 26.1. The molecule has 13 heteroatoms. The monoisotopic (exact) mass is 544 g/mol. The minimum absolute atomic E-state index is 0.0337. The number of benzene rings is 2. The van der Waals surface area contributed by atoms with Crippen molar-refractivity contribution in [3.8, 4) is 29.0 Å². The molecule has 0 saturated heterocycles. The van der Waals surface area contributed by atoms with Crippen LogP contribution < -0.4 is 15.7 Å². The third-order valence-corrected chi connectivity index (χ3v) is 5.82. The number of nitrogens with zero attached hydrogens (tertiary/aromatic N) is 6. The summed E-state index contributed by atoms with van der Waals surface area (Å²) in [5, 5.41) is 17.4. The van der Waals surface area contributed by atoms with Crippen molar-refractivity contribution in [1.29, 1.82) is 5.26 Å². The molecule has 0 aliphatic carbocycles. The zero-order valence-corrected chi connectivity index (χ0v) is 21.0. The molecule has 0 amide bonds. The number of anilines is 1. The van der Waals surface area contributed by atoms with Gasteiger partial charge in [-0.2, -0.15) is 33.6 Å². The normalized spacial score (nSPS) is 11.6. The molecule has 5 rings (SSSR count). The minimum Gasteiger partial charge on any atom is -0.439 e. The summed E-state index contributed by atoms with van der Waals surface area (Å²) in [7, 11) is 1.51. The number of pyridine rings is 1. The highest BCUT2D eigenvalue weighted by Gasteiger charge is 2.35. The molecule has 200 valence electrons. The zero-order chi connectivity index (χ0) is 28.4. The van der Waals surface area contributed by atoms with Crippen molar-refractivity contribution in [1.82, 2.24) is 24.7 Å². The lowest BCUT2D eigenvalue weighted by atomic mass is 10.1. The third-order valence-electron chi connectivity index (χ3n) is 5.82. The molecular weight excluding hydrogens is 525 g/mol. The molecule has 0 unspecified atom stereocenters. The number of aromatic amines is 1. The first-order chi connectivity index (χ1) is 19.1. The molecular formula is C27H19F3N8O2. The van der Waals surface area contributed by atoms with Crippen LogP contribution in [0.15, 0.2) is 70.6 Å². The van der Waals surface area contributed by atoms with Crippen LogP contribution in [0.4, 0.5) is 19.1 Å². The van der Waals surface area contributed by atoms with Gasteiger partial charge in [-0.25, -0.2) is 10.4 Å². The fraction of sp³-hybridized carbons (Fsp3) is 0.111. The Morgan fingerprint density at radius 2 is 1.85 bits per heavy atom. The number of halogens is 3. The number of hydrogen-bond acceptors (Lipinski definition) is 8. The predicted molar refractivity (Wildman–Crippen MR) is 141 cm³/mol. The average molecular weight is 544 g/mol. The molecule has 0 atom stereocenters. The molecule has 3 heterocycles. The Bertz CT molecular complexity index is 1840. The Morgan fingerprint density at radius 1 is 1.12 bits per heavy atom. The molecule has 2 N–H and O–H groups in total. The van der Waals surface area contributed by atoms with Crippen LogP contribution in [0.5, 0.6) is 11.6 Å². The van der Waals surface area contributed by atoms with Crippen LogP contribution in [0.25, 0.3) is 22.3 Å². The Morgan fingerprint density at radius 3 is 2.52 bits per heavy atom. The first-order valence-corrected chi connectivity index (χ1v) is 11.7. The van der Waals surface area contributed by atoms with Crippen LogP contribution in [0.3, 0.4) is 0 Å². The van der Waals surface area contributed by atoms with E-state index in [9.17, 15) is 23.2 Å². The fourth-order valence-corrected chi connectivity index (χ4v) is 4.04. The highest BCUT2D eigenvalue weighted by Crippen LogP contribution is 2.38. The summed E-state index contributed by atoms with van der Waals surface area (Å²) in [6.07, 6.45) is -3.18. The summed E-state index contributed by atoms with van der Waals surface area (Å²) in [6.45, 7) is 1.49. The molecule has 0 bridgehead atoms. The number of nitrogens with one attached hydrogen (secondary N) is 2. The van der Waals surface area contributed by atoms with Crippen molar-refractivity contribution in [2.45, 2.75) is 13.1 Å². The van der Waals surface area contributed by atoms with Gasteiger partial charge in [0.25, 0.3) is 5.56 Å². The molecule has 10 nitrogen and oxygen atoms in total. The number of hydrazone groups is 1. The van der Waals surface area contributed by atoms with E-state index in [0.29, 0.717) is 11.1 Å². The van der Waals surface area contributed by atoms with Crippen molar-refractivity contribution < 1.29 is 17.9 Å². The van der Waals surface area contributed by atoms with Crippen LogP contribution >= 0.6 is 0 Å². The lowest BCUT2D eigenvalue weighted by Gasteiger charge is -2.11. The summed E-state index contributed by atoms with van der Waals surface area (Å²) >= 11 is 0. The van der Waals surface area contributed by atoms with Crippen LogP contribution in [-0.2, 0) is 13.2 Å². The zero-order valence-electron chi connectivity index (χ0n) is 21.0. The van der Waals surface area contributed by atoms with Crippen molar-refractivity contribution in [3.05, 3.63) is 93.4 Å². The largest absolute Gasteiger partial charge is 0.439 e. The Hall–Kier alpha value is -5.51. The highest BCUT2D eigenvalue weighted by molar-refractivity contribution is 5.83. The van der Waals surface area contributed by atoms with Crippen LogP contribution in [-0.4, -0.2) is 30.9 Å². The Kier molecular flexibility index (Phi) is 6.75. The SMILES string of the molecule is Cc1nn(C)c2nc(Oc3ccc(C=NNc4nc(-c5ccccc5)c(C#N)c(=O)[nH]4)cc3)cc(C(F)(F)F)c12. The van der Waals surface area contributed by atoms with Crippen molar-refractivity contribution in [3.63, 3.8) is 0 Å². The molecule has 0 radical (unpaired) electrons. The van der Waals surface area contributed by atoms with Gasteiger partial charge in [0.15, 0.2) is 5.65 Å². The number of alkyl halides is 3.